The highest BCUT2D eigenvalue weighted by Crippen LogP contribution is 2.29. The largest absolute Gasteiger partial charge is 0.480 e. The zero-order chi connectivity index (χ0) is 14.0. The van der Waals surface area contributed by atoms with Crippen molar-refractivity contribution in [3.8, 4) is 11.1 Å². The molecule has 0 aliphatic heterocycles. The number of aliphatic carboxylic acids is 1. The summed E-state index contributed by atoms with van der Waals surface area (Å²) in [5.41, 5.74) is 3.41. The first kappa shape index (κ1) is 13.1. The van der Waals surface area contributed by atoms with Gasteiger partial charge in [0.05, 0.1) is 0 Å². The van der Waals surface area contributed by atoms with Gasteiger partial charge in [0, 0.05) is 5.56 Å². The SMILES string of the molecule is Cc1ccccc2c(C(=O)N[C@@H](C)C(=O)O)ccc1-2. The minimum atomic E-state index is -1.05. The first-order valence-electron chi connectivity index (χ1n) is 6.02. The smallest absolute Gasteiger partial charge is 0.325 e. The summed E-state index contributed by atoms with van der Waals surface area (Å²) in [6.07, 6.45) is 0. The number of carbonyl (C=O) groups is 2. The molecule has 0 saturated carbocycles. The number of aryl methyl sites for hydroxylation is 1. The molecule has 1 amide bonds. The number of fused-ring (bicyclic) bond motifs is 1. The van der Waals surface area contributed by atoms with Gasteiger partial charge in [-0.25, -0.2) is 0 Å². The van der Waals surface area contributed by atoms with Crippen LogP contribution >= 0.6 is 0 Å². The van der Waals surface area contributed by atoms with Crippen molar-refractivity contribution in [1.82, 2.24) is 5.32 Å². The predicted octanol–water partition coefficient (Wildman–Crippen LogP) is 2.30. The molecule has 2 aliphatic carbocycles. The van der Waals surface area contributed by atoms with Gasteiger partial charge < -0.3 is 10.4 Å². The molecule has 2 N–H and O–H groups in total. The van der Waals surface area contributed by atoms with E-state index in [9.17, 15) is 9.59 Å². The Balaban J connectivity index is 2.34. The minimum absolute atomic E-state index is 0.365. The lowest BCUT2D eigenvalue weighted by Gasteiger charge is -2.09. The lowest BCUT2D eigenvalue weighted by atomic mass is 10.1. The molecule has 0 aromatic carbocycles. The second kappa shape index (κ2) is 5.10. The second-order valence-corrected chi connectivity index (χ2v) is 4.51. The van der Waals surface area contributed by atoms with Crippen LogP contribution in [0.1, 0.15) is 22.8 Å². The molecule has 98 valence electrons. The van der Waals surface area contributed by atoms with E-state index in [0.29, 0.717) is 5.56 Å². The Morgan fingerprint density at radius 2 is 1.79 bits per heavy atom. The van der Waals surface area contributed by atoms with Gasteiger partial charge >= 0.3 is 5.97 Å². The van der Waals surface area contributed by atoms with Crippen molar-refractivity contribution in [3.63, 3.8) is 0 Å². The summed E-state index contributed by atoms with van der Waals surface area (Å²) in [6.45, 7) is 3.42. The number of carboxylic acid groups (broad SMARTS) is 1. The average molecular weight is 257 g/mol. The van der Waals surface area contributed by atoms with Gasteiger partial charge in [-0.1, -0.05) is 30.3 Å². The van der Waals surface area contributed by atoms with E-state index in [1.807, 2.05) is 37.3 Å². The van der Waals surface area contributed by atoms with Gasteiger partial charge in [-0.3, -0.25) is 9.59 Å². The third-order valence-corrected chi connectivity index (χ3v) is 3.10. The maximum Gasteiger partial charge on any atom is 0.325 e. The molecular formula is C15H15NO3. The molecule has 0 bridgehead atoms. The maximum atomic E-state index is 12.1. The molecule has 0 heterocycles. The van der Waals surface area contributed by atoms with Crippen LogP contribution in [0.25, 0.3) is 11.1 Å². The number of rotatable bonds is 3. The summed E-state index contributed by atoms with van der Waals surface area (Å²) in [5.74, 6) is -1.42. The zero-order valence-electron chi connectivity index (χ0n) is 10.8. The van der Waals surface area contributed by atoms with Crippen molar-refractivity contribution in [2.45, 2.75) is 19.9 Å². The summed E-state index contributed by atoms with van der Waals surface area (Å²) in [5, 5.41) is 11.3. The Morgan fingerprint density at radius 3 is 2.47 bits per heavy atom. The van der Waals surface area contributed by atoms with Gasteiger partial charge in [0.2, 0.25) is 0 Å². The molecule has 4 heteroatoms. The Morgan fingerprint density at radius 1 is 1.11 bits per heavy atom. The normalized spacial score (nSPS) is 12.1. The average Bonchev–Trinajstić information content (AvgIpc) is 2.70. The third-order valence-electron chi connectivity index (χ3n) is 3.10. The first-order chi connectivity index (χ1) is 9.00. The van der Waals surface area contributed by atoms with Crippen LogP contribution in [0.15, 0.2) is 36.4 Å². The molecule has 0 unspecified atom stereocenters. The van der Waals surface area contributed by atoms with E-state index < -0.39 is 12.0 Å². The van der Waals surface area contributed by atoms with Crippen LogP contribution in [0.3, 0.4) is 0 Å². The number of amides is 1. The van der Waals surface area contributed by atoms with Crippen LogP contribution in [0, 0.1) is 6.92 Å². The van der Waals surface area contributed by atoms with Crippen molar-refractivity contribution < 1.29 is 14.7 Å². The Hall–Kier alpha value is -2.36. The summed E-state index contributed by atoms with van der Waals surface area (Å²) < 4.78 is 0. The van der Waals surface area contributed by atoms with Crippen LogP contribution < -0.4 is 5.32 Å². The molecule has 0 radical (unpaired) electrons. The number of carbonyl (C=O) groups excluding carboxylic acids is 1. The quantitative estimate of drug-likeness (QED) is 0.886. The molecule has 2 aliphatic rings. The third kappa shape index (κ3) is 2.57. The van der Waals surface area contributed by atoms with Gasteiger partial charge in [0.1, 0.15) is 6.04 Å². The fourth-order valence-corrected chi connectivity index (χ4v) is 1.99. The molecule has 0 saturated heterocycles. The summed E-state index contributed by atoms with van der Waals surface area (Å²) in [4.78, 5) is 22.8. The van der Waals surface area contributed by atoms with Gasteiger partial charge in [0.25, 0.3) is 5.91 Å². The van der Waals surface area contributed by atoms with Crippen molar-refractivity contribution in [2.75, 3.05) is 0 Å². The Labute approximate surface area is 111 Å². The molecule has 0 aromatic heterocycles. The topological polar surface area (TPSA) is 66.4 Å². The molecule has 4 nitrogen and oxygen atoms in total. The minimum Gasteiger partial charge on any atom is -0.480 e. The van der Waals surface area contributed by atoms with E-state index in [2.05, 4.69) is 5.32 Å². The fourth-order valence-electron chi connectivity index (χ4n) is 1.99. The molecule has 0 spiro atoms. The van der Waals surface area contributed by atoms with E-state index in [1.54, 1.807) is 6.07 Å². The van der Waals surface area contributed by atoms with Crippen LogP contribution in [-0.2, 0) is 4.79 Å². The van der Waals surface area contributed by atoms with Crippen LogP contribution in [0.5, 0.6) is 0 Å². The molecule has 0 aromatic rings. The highest BCUT2D eigenvalue weighted by atomic mass is 16.4. The zero-order valence-corrected chi connectivity index (χ0v) is 10.8. The van der Waals surface area contributed by atoms with Gasteiger partial charge in [-0.15, -0.1) is 0 Å². The van der Waals surface area contributed by atoms with Crippen LogP contribution in [0.4, 0.5) is 0 Å². The Kier molecular flexibility index (Phi) is 3.51. The van der Waals surface area contributed by atoms with E-state index in [-0.39, 0.29) is 5.91 Å². The second-order valence-electron chi connectivity index (χ2n) is 4.51. The number of nitrogens with one attached hydrogen (secondary N) is 1. The van der Waals surface area contributed by atoms with E-state index in [1.165, 1.54) is 6.92 Å². The molecular weight excluding hydrogens is 242 g/mol. The molecule has 2 rings (SSSR count). The predicted molar refractivity (Wildman–Crippen MR) is 72.4 cm³/mol. The Bertz CT molecular complexity index is 606. The highest BCUT2D eigenvalue weighted by Gasteiger charge is 2.20. The van der Waals surface area contributed by atoms with Crippen LogP contribution in [-0.4, -0.2) is 23.0 Å². The summed E-state index contributed by atoms with van der Waals surface area (Å²) in [6, 6.07) is 10.3. The molecule has 0 fully saturated rings. The van der Waals surface area contributed by atoms with Gasteiger partial charge in [0.15, 0.2) is 0 Å². The van der Waals surface area contributed by atoms with Crippen molar-refractivity contribution in [1.29, 1.82) is 0 Å². The molecule has 1 atom stereocenters. The van der Waals surface area contributed by atoms with Gasteiger partial charge in [-0.2, -0.15) is 0 Å². The lowest BCUT2D eigenvalue weighted by molar-refractivity contribution is -0.138. The fraction of sp³-hybridized carbons (Fsp3) is 0.200. The van der Waals surface area contributed by atoms with Crippen LogP contribution in [0.2, 0.25) is 0 Å². The monoisotopic (exact) mass is 257 g/mol. The standard InChI is InChI=1S/C15H15NO3/c1-9-5-3-4-6-12-11(9)7-8-13(12)14(17)16-10(2)15(18)19/h3-8,10H,1-2H3,(H,16,17)(H,18,19)/t10-/m0/s1. The van der Waals surface area contributed by atoms with E-state index in [4.69, 9.17) is 5.11 Å². The number of hydrogen-bond acceptors (Lipinski definition) is 2. The van der Waals surface area contributed by atoms with Crippen molar-refractivity contribution in [3.05, 3.63) is 47.5 Å². The first-order valence-corrected chi connectivity index (χ1v) is 6.02. The number of hydrogen-bond donors (Lipinski definition) is 2. The lowest BCUT2D eigenvalue weighted by Crippen LogP contribution is -2.38. The summed E-state index contributed by atoms with van der Waals surface area (Å²) >= 11 is 0. The van der Waals surface area contributed by atoms with Gasteiger partial charge in [-0.05, 0) is 36.6 Å². The maximum absolute atomic E-state index is 12.1. The number of carboxylic acids is 1. The molecule has 19 heavy (non-hydrogen) atoms. The highest BCUT2D eigenvalue weighted by molar-refractivity contribution is 6.03. The van der Waals surface area contributed by atoms with Crippen molar-refractivity contribution in [2.24, 2.45) is 0 Å². The summed E-state index contributed by atoms with van der Waals surface area (Å²) in [7, 11) is 0. The van der Waals surface area contributed by atoms with E-state index in [0.717, 1.165) is 16.7 Å². The van der Waals surface area contributed by atoms with E-state index >= 15 is 0 Å². The van der Waals surface area contributed by atoms with Crippen molar-refractivity contribution >= 4 is 11.9 Å².